The molecule has 1 fully saturated rings. The Kier molecular flexibility index (Phi) is 2.34. The highest BCUT2D eigenvalue weighted by Gasteiger charge is 2.33. The van der Waals surface area contributed by atoms with Crippen molar-refractivity contribution in [3.05, 3.63) is 34.4 Å². The third-order valence-corrected chi connectivity index (χ3v) is 1.86. The molecule has 1 atom stereocenters. The summed E-state index contributed by atoms with van der Waals surface area (Å²) in [7, 11) is 0. The molecule has 6 heteroatoms. The quantitative estimate of drug-likeness (QED) is 0.243. The van der Waals surface area contributed by atoms with Crippen molar-refractivity contribution in [2.45, 2.75) is 6.10 Å². The minimum Gasteiger partial charge on any atom is -0.425 e. The van der Waals surface area contributed by atoms with Crippen molar-refractivity contribution >= 4 is 11.7 Å². The van der Waals surface area contributed by atoms with E-state index in [0.717, 1.165) is 0 Å². The van der Waals surface area contributed by atoms with E-state index in [4.69, 9.17) is 9.47 Å². The van der Waals surface area contributed by atoms with Gasteiger partial charge in [0.1, 0.15) is 5.75 Å². The summed E-state index contributed by atoms with van der Waals surface area (Å²) >= 11 is 0. The van der Waals surface area contributed by atoms with Gasteiger partial charge in [-0.25, -0.2) is 4.79 Å². The van der Waals surface area contributed by atoms with Crippen LogP contribution in [-0.2, 0) is 9.53 Å². The van der Waals surface area contributed by atoms with Gasteiger partial charge in [0.15, 0.2) is 6.10 Å². The fourth-order valence-corrected chi connectivity index (χ4v) is 1.00. The van der Waals surface area contributed by atoms with Gasteiger partial charge in [0, 0.05) is 12.1 Å². The largest absolute Gasteiger partial charge is 0.425 e. The van der Waals surface area contributed by atoms with Crippen molar-refractivity contribution in [3.63, 3.8) is 0 Å². The number of nitro groups is 1. The molecule has 15 heavy (non-hydrogen) atoms. The zero-order valence-corrected chi connectivity index (χ0v) is 7.58. The van der Waals surface area contributed by atoms with Gasteiger partial charge in [-0.15, -0.1) is 0 Å². The van der Waals surface area contributed by atoms with Gasteiger partial charge in [0.25, 0.3) is 5.69 Å². The second kappa shape index (κ2) is 3.66. The van der Waals surface area contributed by atoms with Gasteiger partial charge >= 0.3 is 5.97 Å². The number of esters is 1. The zero-order valence-electron chi connectivity index (χ0n) is 7.58. The molecular formula is C9H7NO5. The molecule has 0 radical (unpaired) electrons. The Morgan fingerprint density at radius 3 is 2.53 bits per heavy atom. The summed E-state index contributed by atoms with van der Waals surface area (Å²) in [4.78, 5) is 20.9. The van der Waals surface area contributed by atoms with Crippen LogP contribution in [0.4, 0.5) is 5.69 Å². The van der Waals surface area contributed by atoms with Crippen LogP contribution < -0.4 is 4.74 Å². The van der Waals surface area contributed by atoms with Gasteiger partial charge in [-0.2, -0.15) is 0 Å². The van der Waals surface area contributed by atoms with Crippen molar-refractivity contribution in [1.29, 1.82) is 0 Å². The molecule has 0 aromatic heterocycles. The lowest BCUT2D eigenvalue weighted by molar-refractivity contribution is -0.384. The lowest BCUT2D eigenvalue weighted by Crippen LogP contribution is -2.14. The van der Waals surface area contributed by atoms with Gasteiger partial charge in [-0.05, 0) is 12.1 Å². The Morgan fingerprint density at radius 2 is 2.07 bits per heavy atom. The Morgan fingerprint density at radius 1 is 1.47 bits per heavy atom. The molecule has 1 saturated heterocycles. The SMILES string of the molecule is O=C(Oc1ccc([N+](=O)[O-])cc1)C1CO1. The van der Waals surface area contributed by atoms with Gasteiger partial charge in [0.2, 0.25) is 0 Å². The summed E-state index contributed by atoms with van der Waals surface area (Å²) in [6.45, 7) is 0.381. The molecule has 0 saturated carbocycles. The predicted molar refractivity (Wildman–Crippen MR) is 48.5 cm³/mol. The summed E-state index contributed by atoms with van der Waals surface area (Å²) in [5.74, 6) is -0.190. The van der Waals surface area contributed by atoms with Crippen LogP contribution >= 0.6 is 0 Å². The number of carbonyl (C=O) groups excluding carboxylic acids is 1. The van der Waals surface area contributed by atoms with E-state index in [0.29, 0.717) is 6.61 Å². The number of hydrogen-bond acceptors (Lipinski definition) is 5. The van der Waals surface area contributed by atoms with Crippen LogP contribution in [0.2, 0.25) is 0 Å². The molecule has 0 amide bonds. The molecule has 6 nitrogen and oxygen atoms in total. The fraction of sp³-hybridized carbons (Fsp3) is 0.222. The summed E-state index contributed by atoms with van der Waals surface area (Å²) in [6.07, 6.45) is -0.472. The van der Waals surface area contributed by atoms with E-state index in [1.165, 1.54) is 24.3 Å². The second-order valence-electron chi connectivity index (χ2n) is 2.99. The molecule has 0 spiro atoms. The topological polar surface area (TPSA) is 82.0 Å². The van der Waals surface area contributed by atoms with Gasteiger partial charge < -0.3 is 9.47 Å². The van der Waals surface area contributed by atoms with Crippen LogP contribution in [-0.4, -0.2) is 23.6 Å². The molecule has 0 aliphatic carbocycles. The van der Waals surface area contributed by atoms with Crippen molar-refractivity contribution in [2.24, 2.45) is 0 Å². The second-order valence-corrected chi connectivity index (χ2v) is 2.99. The molecule has 0 N–H and O–H groups in total. The van der Waals surface area contributed by atoms with Crippen LogP contribution in [0.5, 0.6) is 5.75 Å². The molecule has 1 unspecified atom stereocenters. The van der Waals surface area contributed by atoms with Crippen molar-refractivity contribution in [3.8, 4) is 5.75 Å². The van der Waals surface area contributed by atoms with Gasteiger partial charge in [0.05, 0.1) is 11.5 Å². The van der Waals surface area contributed by atoms with E-state index < -0.39 is 17.0 Å². The molecule has 1 aromatic carbocycles. The van der Waals surface area contributed by atoms with Crippen LogP contribution in [0, 0.1) is 10.1 Å². The first-order valence-electron chi connectivity index (χ1n) is 4.24. The lowest BCUT2D eigenvalue weighted by Gasteiger charge is -2.00. The Hall–Kier alpha value is -1.95. The molecule has 1 aliphatic rings. The van der Waals surface area contributed by atoms with Crippen LogP contribution in [0.1, 0.15) is 0 Å². The maximum Gasteiger partial charge on any atom is 0.343 e. The third kappa shape index (κ3) is 2.29. The molecule has 78 valence electrons. The van der Waals surface area contributed by atoms with Crippen molar-refractivity contribution in [2.75, 3.05) is 6.61 Å². The summed E-state index contributed by atoms with van der Waals surface area (Å²) in [5.41, 5.74) is -0.0440. The zero-order chi connectivity index (χ0) is 10.8. The molecule has 1 aromatic rings. The number of nitro benzene ring substituents is 1. The predicted octanol–water partition coefficient (Wildman–Crippen LogP) is 0.899. The van der Waals surface area contributed by atoms with E-state index in [1.807, 2.05) is 0 Å². The average molecular weight is 209 g/mol. The first-order valence-corrected chi connectivity index (χ1v) is 4.24. The first kappa shape index (κ1) is 9.60. The number of benzene rings is 1. The molecule has 0 bridgehead atoms. The number of hydrogen-bond donors (Lipinski definition) is 0. The Balaban J connectivity index is 2.03. The van der Waals surface area contributed by atoms with E-state index in [9.17, 15) is 14.9 Å². The maximum absolute atomic E-state index is 11.1. The number of non-ortho nitro benzene ring substituents is 1. The van der Waals surface area contributed by atoms with Crippen LogP contribution in [0.25, 0.3) is 0 Å². The van der Waals surface area contributed by atoms with Crippen LogP contribution in [0.15, 0.2) is 24.3 Å². The molecular weight excluding hydrogens is 202 g/mol. The van der Waals surface area contributed by atoms with E-state index in [2.05, 4.69) is 0 Å². The number of epoxide rings is 1. The van der Waals surface area contributed by atoms with E-state index >= 15 is 0 Å². The highest BCUT2D eigenvalue weighted by Crippen LogP contribution is 2.19. The fourth-order valence-electron chi connectivity index (χ4n) is 1.00. The summed E-state index contributed by atoms with van der Waals surface area (Å²) in [6, 6.07) is 5.30. The van der Waals surface area contributed by atoms with Gasteiger partial charge in [-0.3, -0.25) is 10.1 Å². The number of nitrogens with zero attached hydrogens (tertiary/aromatic N) is 1. The number of carbonyl (C=O) groups is 1. The Bertz CT molecular complexity index is 395. The summed E-state index contributed by atoms with van der Waals surface area (Å²) in [5, 5.41) is 10.3. The lowest BCUT2D eigenvalue weighted by atomic mass is 10.3. The standard InChI is InChI=1S/C9H7NO5/c11-9(8-5-14-8)15-7-3-1-6(2-4-7)10(12)13/h1-4,8H,5H2. The highest BCUT2D eigenvalue weighted by molar-refractivity contribution is 5.79. The average Bonchev–Trinajstić information content (AvgIpc) is 3.01. The van der Waals surface area contributed by atoms with Gasteiger partial charge in [-0.1, -0.05) is 0 Å². The number of ether oxygens (including phenoxy) is 2. The monoisotopic (exact) mass is 209 g/mol. The molecule has 2 rings (SSSR count). The smallest absolute Gasteiger partial charge is 0.343 e. The van der Waals surface area contributed by atoms with Crippen molar-refractivity contribution < 1.29 is 19.2 Å². The molecule has 1 heterocycles. The number of rotatable bonds is 3. The van der Waals surface area contributed by atoms with Crippen molar-refractivity contribution in [1.82, 2.24) is 0 Å². The van der Waals surface area contributed by atoms with E-state index in [1.54, 1.807) is 0 Å². The minimum atomic E-state index is -0.518. The normalized spacial score (nSPS) is 18.3. The van der Waals surface area contributed by atoms with E-state index in [-0.39, 0.29) is 11.4 Å². The first-order chi connectivity index (χ1) is 7.16. The molecule has 1 aliphatic heterocycles. The summed E-state index contributed by atoms with van der Waals surface area (Å²) < 4.78 is 9.61. The van der Waals surface area contributed by atoms with Crippen LogP contribution in [0.3, 0.4) is 0 Å². The minimum absolute atomic E-state index is 0.0440. The maximum atomic E-state index is 11.1. The third-order valence-electron chi connectivity index (χ3n) is 1.86. The highest BCUT2D eigenvalue weighted by atomic mass is 16.6. The Labute approximate surface area is 84.6 Å².